The Kier molecular flexibility index (Phi) is 4.55. The standard InChI is InChI=1S/C11H17F3N2S/c1-10(2,3)8-7-17-9(16-8)6-15-5-4-11(12,13)14/h7,15H,4-6H2,1-3H3. The molecule has 98 valence electrons. The van der Waals surface area contributed by atoms with E-state index in [4.69, 9.17) is 0 Å². The van der Waals surface area contributed by atoms with Gasteiger partial charge in [0, 0.05) is 23.9 Å². The van der Waals surface area contributed by atoms with E-state index in [0.29, 0.717) is 6.54 Å². The summed E-state index contributed by atoms with van der Waals surface area (Å²) in [5, 5.41) is 5.54. The van der Waals surface area contributed by atoms with Gasteiger partial charge in [-0.05, 0) is 0 Å². The lowest BCUT2D eigenvalue weighted by molar-refractivity contribution is -0.133. The van der Waals surface area contributed by atoms with Crippen molar-refractivity contribution < 1.29 is 13.2 Å². The van der Waals surface area contributed by atoms with E-state index in [9.17, 15) is 13.2 Å². The minimum Gasteiger partial charge on any atom is -0.310 e. The largest absolute Gasteiger partial charge is 0.390 e. The Hall–Kier alpha value is -0.620. The van der Waals surface area contributed by atoms with E-state index < -0.39 is 12.6 Å². The topological polar surface area (TPSA) is 24.9 Å². The molecule has 1 aromatic rings. The molecule has 0 spiro atoms. The van der Waals surface area contributed by atoms with Gasteiger partial charge in [-0.2, -0.15) is 13.2 Å². The predicted octanol–water partition coefficient (Wildman–Crippen LogP) is 3.48. The van der Waals surface area contributed by atoms with Crippen molar-refractivity contribution in [1.82, 2.24) is 10.3 Å². The monoisotopic (exact) mass is 266 g/mol. The highest BCUT2D eigenvalue weighted by molar-refractivity contribution is 7.09. The van der Waals surface area contributed by atoms with Gasteiger partial charge in [0.1, 0.15) is 5.01 Å². The van der Waals surface area contributed by atoms with Gasteiger partial charge >= 0.3 is 6.18 Å². The van der Waals surface area contributed by atoms with E-state index in [-0.39, 0.29) is 12.0 Å². The Morgan fingerprint density at radius 1 is 1.29 bits per heavy atom. The average molecular weight is 266 g/mol. The van der Waals surface area contributed by atoms with Crippen molar-refractivity contribution in [1.29, 1.82) is 0 Å². The van der Waals surface area contributed by atoms with Gasteiger partial charge < -0.3 is 5.32 Å². The summed E-state index contributed by atoms with van der Waals surface area (Å²) >= 11 is 1.48. The van der Waals surface area contributed by atoms with Crippen LogP contribution in [-0.2, 0) is 12.0 Å². The van der Waals surface area contributed by atoms with E-state index in [0.717, 1.165) is 10.7 Å². The minimum atomic E-state index is -4.09. The molecule has 0 amide bonds. The molecular formula is C11H17F3N2S. The zero-order valence-electron chi connectivity index (χ0n) is 10.2. The molecular weight excluding hydrogens is 249 g/mol. The van der Waals surface area contributed by atoms with Gasteiger partial charge in [0.15, 0.2) is 0 Å². The Morgan fingerprint density at radius 3 is 2.41 bits per heavy atom. The van der Waals surface area contributed by atoms with E-state index >= 15 is 0 Å². The van der Waals surface area contributed by atoms with Gasteiger partial charge in [0.2, 0.25) is 0 Å². The van der Waals surface area contributed by atoms with Gasteiger partial charge in [0.05, 0.1) is 12.1 Å². The van der Waals surface area contributed by atoms with Crippen LogP contribution in [0.2, 0.25) is 0 Å². The molecule has 1 aromatic heterocycles. The second-order valence-corrected chi connectivity index (χ2v) is 5.86. The van der Waals surface area contributed by atoms with Crippen LogP contribution >= 0.6 is 11.3 Å². The van der Waals surface area contributed by atoms with Gasteiger partial charge in [0.25, 0.3) is 0 Å². The van der Waals surface area contributed by atoms with Gasteiger partial charge in [-0.3, -0.25) is 0 Å². The SMILES string of the molecule is CC(C)(C)c1csc(CNCCC(F)(F)F)n1. The van der Waals surface area contributed by atoms with E-state index in [1.165, 1.54) is 11.3 Å². The van der Waals surface area contributed by atoms with Crippen LogP contribution in [0.1, 0.15) is 37.9 Å². The van der Waals surface area contributed by atoms with Crippen molar-refractivity contribution in [2.45, 2.75) is 45.3 Å². The summed E-state index contributed by atoms with van der Waals surface area (Å²) in [6.07, 6.45) is -4.89. The molecule has 0 aromatic carbocycles. The molecule has 1 N–H and O–H groups in total. The number of thiazole rings is 1. The number of nitrogens with one attached hydrogen (secondary N) is 1. The van der Waals surface area contributed by atoms with Gasteiger partial charge in [-0.1, -0.05) is 20.8 Å². The maximum Gasteiger partial charge on any atom is 0.390 e. The van der Waals surface area contributed by atoms with E-state index in [1.807, 2.05) is 5.38 Å². The van der Waals surface area contributed by atoms with Crippen molar-refractivity contribution in [2.24, 2.45) is 0 Å². The fraction of sp³-hybridized carbons (Fsp3) is 0.727. The Labute approximate surface area is 103 Å². The summed E-state index contributed by atoms with van der Waals surface area (Å²) in [5.74, 6) is 0. The van der Waals surface area contributed by atoms with Crippen LogP contribution in [-0.4, -0.2) is 17.7 Å². The van der Waals surface area contributed by atoms with E-state index in [1.54, 1.807) is 0 Å². The third-order valence-corrected chi connectivity index (χ3v) is 3.03. The van der Waals surface area contributed by atoms with Gasteiger partial charge in [-0.25, -0.2) is 4.98 Å². The van der Waals surface area contributed by atoms with Crippen LogP contribution in [0.3, 0.4) is 0 Å². The number of aromatic nitrogens is 1. The molecule has 1 rings (SSSR count). The second kappa shape index (κ2) is 5.35. The zero-order valence-corrected chi connectivity index (χ0v) is 11.0. The fourth-order valence-corrected chi connectivity index (χ4v) is 2.15. The maximum absolute atomic E-state index is 11.9. The molecule has 0 radical (unpaired) electrons. The quantitative estimate of drug-likeness (QED) is 0.844. The molecule has 0 unspecified atom stereocenters. The normalized spacial score (nSPS) is 13.1. The molecule has 0 bridgehead atoms. The lowest BCUT2D eigenvalue weighted by Crippen LogP contribution is -2.21. The molecule has 0 aliphatic heterocycles. The maximum atomic E-state index is 11.9. The van der Waals surface area contributed by atoms with Crippen molar-refractivity contribution in [2.75, 3.05) is 6.54 Å². The highest BCUT2D eigenvalue weighted by Gasteiger charge is 2.26. The van der Waals surface area contributed by atoms with E-state index in [2.05, 4.69) is 31.1 Å². The lowest BCUT2D eigenvalue weighted by atomic mass is 9.93. The number of alkyl halides is 3. The summed E-state index contributed by atoms with van der Waals surface area (Å²) in [6, 6.07) is 0. The van der Waals surface area contributed by atoms with Crippen molar-refractivity contribution in [3.63, 3.8) is 0 Å². The molecule has 0 aliphatic carbocycles. The number of halogens is 3. The summed E-state index contributed by atoms with van der Waals surface area (Å²) in [7, 11) is 0. The molecule has 0 fully saturated rings. The molecule has 0 saturated carbocycles. The summed E-state index contributed by atoms with van der Waals surface area (Å²) in [5.41, 5.74) is 0.968. The number of rotatable bonds is 4. The Bertz CT molecular complexity index is 352. The molecule has 1 heterocycles. The fourth-order valence-electron chi connectivity index (χ4n) is 1.16. The number of hydrogen-bond acceptors (Lipinski definition) is 3. The van der Waals surface area contributed by atoms with Crippen LogP contribution in [0, 0.1) is 0 Å². The zero-order chi connectivity index (χ0) is 13.1. The lowest BCUT2D eigenvalue weighted by Gasteiger charge is -2.14. The Morgan fingerprint density at radius 2 is 1.94 bits per heavy atom. The summed E-state index contributed by atoms with van der Waals surface area (Å²) in [6.45, 7) is 6.51. The smallest absolute Gasteiger partial charge is 0.310 e. The third-order valence-electron chi connectivity index (χ3n) is 2.18. The third kappa shape index (κ3) is 5.50. The molecule has 0 aliphatic rings. The minimum absolute atomic E-state index is 0.0132. The summed E-state index contributed by atoms with van der Waals surface area (Å²) in [4.78, 5) is 4.39. The first-order chi connectivity index (χ1) is 7.68. The first-order valence-corrected chi connectivity index (χ1v) is 6.29. The van der Waals surface area contributed by atoms with Gasteiger partial charge in [-0.15, -0.1) is 11.3 Å². The number of nitrogens with zero attached hydrogens (tertiary/aromatic N) is 1. The van der Waals surface area contributed by atoms with Crippen LogP contribution in [0.4, 0.5) is 13.2 Å². The van der Waals surface area contributed by atoms with Crippen LogP contribution < -0.4 is 5.32 Å². The first-order valence-electron chi connectivity index (χ1n) is 5.41. The summed E-state index contributed by atoms with van der Waals surface area (Å²) < 4.78 is 35.7. The highest BCUT2D eigenvalue weighted by Crippen LogP contribution is 2.24. The highest BCUT2D eigenvalue weighted by atomic mass is 32.1. The molecule has 17 heavy (non-hydrogen) atoms. The first kappa shape index (κ1) is 14.4. The molecule has 2 nitrogen and oxygen atoms in total. The second-order valence-electron chi connectivity index (χ2n) is 4.92. The van der Waals surface area contributed by atoms with Crippen LogP contribution in [0.5, 0.6) is 0 Å². The number of hydrogen-bond donors (Lipinski definition) is 1. The van der Waals surface area contributed by atoms with Crippen molar-refractivity contribution in [3.8, 4) is 0 Å². The molecule has 0 atom stereocenters. The van der Waals surface area contributed by atoms with Crippen LogP contribution in [0.15, 0.2) is 5.38 Å². The Balaban J connectivity index is 2.36. The van der Waals surface area contributed by atoms with Crippen molar-refractivity contribution >= 4 is 11.3 Å². The average Bonchev–Trinajstić information content (AvgIpc) is 2.58. The van der Waals surface area contributed by atoms with Crippen LogP contribution in [0.25, 0.3) is 0 Å². The van der Waals surface area contributed by atoms with Crippen molar-refractivity contribution in [3.05, 3.63) is 16.1 Å². The molecule has 6 heteroatoms. The molecule has 0 saturated heterocycles. The predicted molar refractivity (Wildman–Crippen MR) is 63.2 cm³/mol.